The second-order valence-electron chi connectivity index (χ2n) is 5.90. The molecular formula is C13H22ClNO. The van der Waals surface area contributed by atoms with E-state index in [0.717, 1.165) is 19.4 Å². The number of halogens is 1. The van der Waals surface area contributed by atoms with Gasteiger partial charge in [0.1, 0.15) is 0 Å². The number of rotatable bonds is 5. The highest BCUT2D eigenvalue weighted by atomic mass is 35.5. The van der Waals surface area contributed by atoms with Crippen LogP contribution in [0.25, 0.3) is 0 Å². The Bertz CT molecular complexity index is 273. The van der Waals surface area contributed by atoms with Crippen molar-refractivity contribution in [2.45, 2.75) is 52.0 Å². The van der Waals surface area contributed by atoms with Crippen LogP contribution < -0.4 is 0 Å². The fraction of sp³-hybridized carbons (Fsp3) is 0.923. The summed E-state index contributed by atoms with van der Waals surface area (Å²) in [5, 5.41) is 0. The van der Waals surface area contributed by atoms with Crippen molar-refractivity contribution in [3.63, 3.8) is 0 Å². The lowest BCUT2D eigenvalue weighted by Gasteiger charge is -2.38. The van der Waals surface area contributed by atoms with E-state index in [1.54, 1.807) is 0 Å². The van der Waals surface area contributed by atoms with Gasteiger partial charge in [0.25, 0.3) is 0 Å². The minimum absolute atomic E-state index is 0.250. The summed E-state index contributed by atoms with van der Waals surface area (Å²) in [6, 6.07) is 0.520. The summed E-state index contributed by atoms with van der Waals surface area (Å²) in [5.41, 5.74) is 0.250. The lowest BCUT2D eigenvalue weighted by molar-refractivity contribution is -0.137. The smallest absolute Gasteiger partial charge is 0.226 e. The molecule has 0 radical (unpaired) electrons. The Morgan fingerprint density at radius 1 is 1.44 bits per heavy atom. The van der Waals surface area contributed by atoms with Gasteiger partial charge in [-0.25, -0.2) is 0 Å². The lowest BCUT2D eigenvalue weighted by atomic mass is 9.90. The van der Waals surface area contributed by atoms with Crippen LogP contribution in [0.3, 0.4) is 0 Å². The van der Waals surface area contributed by atoms with Crippen LogP contribution in [-0.4, -0.2) is 29.3 Å². The number of hydrogen-bond donors (Lipinski definition) is 0. The molecule has 0 aromatic carbocycles. The van der Waals surface area contributed by atoms with Crippen molar-refractivity contribution in [2.24, 2.45) is 11.3 Å². The van der Waals surface area contributed by atoms with E-state index in [9.17, 15) is 4.79 Å². The van der Waals surface area contributed by atoms with Crippen molar-refractivity contribution in [3.8, 4) is 0 Å². The summed E-state index contributed by atoms with van der Waals surface area (Å²) < 4.78 is 0. The fourth-order valence-electron chi connectivity index (χ4n) is 2.49. The van der Waals surface area contributed by atoms with Crippen LogP contribution in [-0.2, 0) is 4.79 Å². The zero-order valence-electron chi connectivity index (χ0n) is 10.3. The van der Waals surface area contributed by atoms with E-state index in [1.165, 1.54) is 19.3 Å². The van der Waals surface area contributed by atoms with Crippen LogP contribution in [0, 0.1) is 11.3 Å². The largest absolute Gasteiger partial charge is 0.339 e. The first kappa shape index (κ1) is 12.2. The van der Waals surface area contributed by atoms with Crippen molar-refractivity contribution >= 4 is 17.5 Å². The molecule has 0 heterocycles. The molecule has 0 bridgehead atoms. The Morgan fingerprint density at radius 2 is 2.06 bits per heavy atom. The predicted octanol–water partition coefficient (Wildman–Crippen LogP) is 3.04. The summed E-state index contributed by atoms with van der Waals surface area (Å²) in [5.74, 6) is 1.33. The van der Waals surface area contributed by atoms with Crippen molar-refractivity contribution in [2.75, 3.05) is 12.4 Å². The molecule has 2 aliphatic rings. The van der Waals surface area contributed by atoms with E-state index in [-0.39, 0.29) is 11.3 Å². The molecular weight excluding hydrogens is 222 g/mol. The fourth-order valence-corrected chi connectivity index (χ4v) is 2.61. The van der Waals surface area contributed by atoms with Gasteiger partial charge in [-0.15, -0.1) is 11.6 Å². The first-order chi connectivity index (χ1) is 7.56. The molecule has 2 fully saturated rings. The Kier molecular flexibility index (Phi) is 3.48. The molecule has 1 atom stereocenters. The molecule has 92 valence electrons. The Morgan fingerprint density at radius 3 is 2.44 bits per heavy atom. The maximum absolute atomic E-state index is 12.3. The molecule has 0 aromatic rings. The van der Waals surface area contributed by atoms with Crippen molar-refractivity contribution in [1.29, 1.82) is 0 Å². The van der Waals surface area contributed by atoms with Crippen molar-refractivity contribution in [3.05, 3.63) is 0 Å². The van der Waals surface area contributed by atoms with Crippen molar-refractivity contribution < 1.29 is 4.79 Å². The molecule has 16 heavy (non-hydrogen) atoms. The van der Waals surface area contributed by atoms with E-state index < -0.39 is 0 Å². The molecule has 2 saturated carbocycles. The summed E-state index contributed by atoms with van der Waals surface area (Å²) in [6.07, 6.45) is 5.67. The SMILES string of the molecule is CC1(C)CC1C(=O)N(CCCCl)C1CCC1. The molecule has 2 rings (SSSR count). The maximum atomic E-state index is 12.3. The van der Waals surface area contributed by atoms with Gasteiger partial charge < -0.3 is 4.90 Å². The average molecular weight is 244 g/mol. The molecule has 1 amide bonds. The van der Waals surface area contributed by atoms with Gasteiger partial charge in [-0.2, -0.15) is 0 Å². The van der Waals surface area contributed by atoms with E-state index in [2.05, 4.69) is 18.7 Å². The van der Waals surface area contributed by atoms with Gasteiger partial charge in [-0.3, -0.25) is 4.79 Å². The maximum Gasteiger partial charge on any atom is 0.226 e. The number of hydrogen-bond acceptors (Lipinski definition) is 1. The van der Waals surface area contributed by atoms with Crippen LogP contribution in [0.15, 0.2) is 0 Å². The third kappa shape index (κ3) is 2.37. The number of nitrogens with zero attached hydrogens (tertiary/aromatic N) is 1. The highest BCUT2D eigenvalue weighted by Gasteiger charge is 2.52. The highest BCUT2D eigenvalue weighted by molar-refractivity contribution is 6.17. The van der Waals surface area contributed by atoms with Crippen LogP contribution in [0.1, 0.15) is 46.0 Å². The first-order valence-corrected chi connectivity index (χ1v) is 6.96. The predicted molar refractivity (Wildman–Crippen MR) is 66.6 cm³/mol. The van der Waals surface area contributed by atoms with Crippen LogP contribution in [0.4, 0.5) is 0 Å². The molecule has 2 nitrogen and oxygen atoms in total. The van der Waals surface area contributed by atoms with Crippen molar-refractivity contribution in [1.82, 2.24) is 4.90 Å². The number of carbonyl (C=O) groups is 1. The molecule has 0 saturated heterocycles. The summed E-state index contributed by atoms with van der Waals surface area (Å²) >= 11 is 5.73. The third-order valence-corrected chi connectivity index (χ3v) is 4.41. The summed E-state index contributed by atoms with van der Waals surface area (Å²) in [7, 11) is 0. The molecule has 2 aliphatic carbocycles. The zero-order chi connectivity index (χ0) is 11.8. The molecule has 1 unspecified atom stereocenters. The van der Waals surface area contributed by atoms with Gasteiger partial charge in [0, 0.05) is 24.4 Å². The van der Waals surface area contributed by atoms with Gasteiger partial charge in [0.15, 0.2) is 0 Å². The topological polar surface area (TPSA) is 20.3 Å². The Balaban J connectivity index is 1.92. The van der Waals surface area contributed by atoms with E-state index >= 15 is 0 Å². The van der Waals surface area contributed by atoms with Crippen LogP contribution in [0.2, 0.25) is 0 Å². The lowest BCUT2D eigenvalue weighted by Crippen LogP contribution is -2.46. The number of amides is 1. The molecule has 0 aromatic heterocycles. The highest BCUT2D eigenvalue weighted by Crippen LogP contribution is 2.53. The second kappa shape index (κ2) is 4.56. The minimum Gasteiger partial charge on any atom is -0.339 e. The normalized spacial score (nSPS) is 27.3. The van der Waals surface area contributed by atoms with Gasteiger partial charge in [-0.05, 0) is 37.5 Å². The van der Waals surface area contributed by atoms with E-state index in [1.807, 2.05) is 0 Å². The minimum atomic E-state index is 0.250. The monoisotopic (exact) mass is 243 g/mol. The van der Waals surface area contributed by atoms with Gasteiger partial charge >= 0.3 is 0 Å². The van der Waals surface area contributed by atoms with E-state index in [0.29, 0.717) is 17.8 Å². The third-order valence-electron chi connectivity index (χ3n) is 4.14. The summed E-state index contributed by atoms with van der Waals surface area (Å²) in [4.78, 5) is 14.5. The van der Waals surface area contributed by atoms with E-state index in [4.69, 9.17) is 11.6 Å². The molecule has 0 N–H and O–H groups in total. The molecule has 0 aliphatic heterocycles. The first-order valence-electron chi connectivity index (χ1n) is 6.43. The summed E-state index contributed by atoms with van der Waals surface area (Å²) in [6.45, 7) is 5.24. The molecule has 3 heteroatoms. The number of carbonyl (C=O) groups excluding carboxylic acids is 1. The van der Waals surface area contributed by atoms with Gasteiger partial charge in [-0.1, -0.05) is 13.8 Å². The zero-order valence-corrected chi connectivity index (χ0v) is 11.1. The van der Waals surface area contributed by atoms with Gasteiger partial charge in [0.05, 0.1) is 0 Å². The average Bonchev–Trinajstić information content (AvgIpc) is 2.78. The van der Waals surface area contributed by atoms with Crippen LogP contribution >= 0.6 is 11.6 Å². The quantitative estimate of drug-likeness (QED) is 0.680. The Labute approximate surface area is 103 Å². The van der Waals surface area contributed by atoms with Crippen LogP contribution in [0.5, 0.6) is 0 Å². The van der Waals surface area contributed by atoms with Gasteiger partial charge in [0.2, 0.25) is 5.91 Å². The second-order valence-corrected chi connectivity index (χ2v) is 6.28. The standard InChI is InChI=1S/C13H22ClNO/c1-13(2)9-11(13)12(16)15(8-4-7-14)10-5-3-6-10/h10-11H,3-9H2,1-2H3. The molecule has 0 spiro atoms. The Hall–Kier alpha value is -0.240. The number of alkyl halides is 1.